The fourth-order valence-corrected chi connectivity index (χ4v) is 5.22. The highest BCUT2D eigenvalue weighted by atomic mass is 19.1. The fourth-order valence-electron chi connectivity index (χ4n) is 5.22. The summed E-state index contributed by atoms with van der Waals surface area (Å²) < 4.78 is 14.9. The third-order valence-corrected chi connectivity index (χ3v) is 7.38. The Morgan fingerprint density at radius 1 is 1.05 bits per heavy atom. The van der Waals surface area contributed by atoms with Crippen molar-refractivity contribution in [3.05, 3.63) is 129 Å². The number of carbonyl (C=O) groups excluding carboxylic acids is 1. The molecule has 0 spiro atoms. The van der Waals surface area contributed by atoms with E-state index in [9.17, 15) is 29.2 Å². The van der Waals surface area contributed by atoms with E-state index < -0.39 is 10.9 Å². The van der Waals surface area contributed by atoms with Gasteiger partial charge in [0.05, 0.1) is 16.5 Å². The normalized spacial score (nSPS) is 13.3. The highest BCUT2D eigenvalue weighted by Crippen LogP contribution is 2.32. The minimum atomic E-state index is -1.04. The van der Waals surface area contributed by atoms with Gasteiger partial charge in [-0.2, -0.15) is 0 Å². The summed E-state index contributed by atoms with van der Waals surface area (Å²) in [4.78, 5) is 37.3. The molecular formula is C32H28FN3O5. The first-order valence-electron chi connectivity index (χ1n) is 13.3. The maximum atomic E-state index is 14.9. The summed E-state index contributed by atoms with van der Waals surface area (Å²) in [5.41, 5.74) is 4.91. The van der Waals surface area contributed by atoms with E-state index in [2.05, 4.69) is 10.2 Å². The number of halogens is 1. The molecule has 2 N–H and O–H groups in total. The van der Waals surface area contributed by atoms with Gasteiger partial charge in [-0.1, -0.05) is 36.4 Å². The average Bonchev–Trinajstić information content (AvgIpc) is 2.98. The Balaban J connectivity index is 1.34. The summed E-state index contributed by atoms with van der Waals surface area (Å²) >= 11 is 0. The predicted octanol–water partition coefficient (Wildman–Crippen LogP) is 6.54. The van der Waals surface area contributed by atoms with Gasteiger partial charge in [0.25, 0.3) is 11.6 Å². The van der Waals surface area contributed by atoms with E-state index in [0.29, 0.717) is 35.3 Å². The number of rotatable bonds is 8. The first kappa shape index (κ1) is 27.5. The third-order valence-electron chi connectivity index (χ3n) is 7.38. The number of nitro groups is 1. The van der Waals surface area contributed by atoms with Crippen molar-refractivity contribution in [3.63, 3.8) is 0 Å². The summed E-state index contributed by atoms with van der Waals surface area (Å²) in [6, 6.07) is 22.5. The molecule has 9 heteroatoms. The van der Waals surface area contributed by atoms with Gasteiger partial charge in [-0.05, 0) is 78.4 Å². The predicted molar refractivity (Wildman–Crippen MR) is 154 cm³/mol. The lowest BCUT2D eigenvalue weighted by atomic mass is 9.96. The standard InChI is InChI=1S/C32H28FN3O5/c1-20(21-8-12-26(13-9-21)36(40)41)34-31(37)24-11-15-30-23(18-24)5-4-16-35(30)19-25-17-22(10-14-29(25)33)27-6-2-3-7-28(27)32(38)39/h2-3,6-15,17-18,20H,4-5,16,19H2,1H3,(H,34,37)(H,38,39). The number of hydrogen-bond donors (Lipinski definition) is 2. The molecule has 41 heavy (non-hydrogen) atoms. The molecule has 0 bridgehead atoms. The monoisotopic (exact) mass is 553 g/mol. The first-order chi connectivity index (χ1) is 19.7. The second-order valence-corrected chi connectivity index (χ2v) is 10.1. The van der Waals surface area contributed by atoms with Gasteiger partial charge >= 0.3 is 5.97 Å². The third kappa shape index (κ3) is 5.94. The van der Waals surface area contributed by atoms with E-state index in [1.54, 1.807) is 48.5 Å². The molecule has 208 valence electrons. The highest BCUT2D eigenvalue weighted by molar-refractivity contribution is 5.96. The molecule has 1 atom stereocenters. The molecule has 1 aliphatic rings. The summed E-state index contributed by atoms with van der Waals surface area (Å²) in [6.07, 6.45) is 1.61. The maximum Gasteiger partial charge on any atom is 0.336 e. The molecule has 0 aliphatic carbocycles. The number of carboxylic acid groups (broad SMARTS) is 1. The SMILES string of the molecule is CC(NC(=O)c1ccc2c(c1)CCCN2Cc1cc(-c2ccccc2C(=O)O)ccc1F)c1ccc([N+](=O)[O-])cc1. The highest BCUT2D eigenvalue weighted by Gasteiger charge is 2.22. The number of aromatic carboxylic acids is 1. The van der Waals surface area contributed by atoms with Crippen LogP contribution in [0, 0.1) is 15.9 Å². The number of carbonyl (C=O) groups is 2. The number of nitrogens with one attached hydrogen (secondary N) is 1. The van der Waals surface area contributed by atoms with Gasteiger partial charge in [-0.15, -0.1) is 0 Å². The number of aryl methyl sites for hydroxylation is 1. The lowest BCUT2D eigenvalue weighted by molar-refractivity contribution is -0.384. The van der Waals surface area contributed by atoms with Crippen molar-refractivity contribution < 1.29 is 24.0 Å². The van der Waals surface area contributed by atoms with Crippen molar-refractivity contribution in [3.8, 4) is 11.1 Å². The number of nitrogens with zero attached hydrogens (tertiary/aromatic N) is 2. The van der Waals surface area contributed by atoms with Crippen molar-refractivity contribution in [1.29, 1.82) is 0 Å². The minimum absolute atomic E-state index is 0.0109. The number of carboxylic acids is 1. The van der Waals surface area contributed by atoms with Gasteiger partial charge in [-0.3, -0.25) is 14.9 Å². The van der Waals surface area contributed by atoms with E-state index in [4.69, 9.17) is 0 Å². The average molecular weight is 554 g/mol. The number of non-ortho nitro benzene ring substituents is 1. The second kappa shape index (κ2) is 11.6. The lowest BCUT2D eigenvalue weighted by Crippen LogP contribution is -2.30. The number of hydrogen-bond acceptors (Lipinski definition) is 5. The van der Waals surface area contributed by atoms with Crippen LogP contribution in [0.3, 0.4) is 0 Å². The molecule has 0 aromatic heterocycles. The summed E-state index contributed by atoms with van der Waals surface area (Å²) in [6.45, 7) is 2.83. The molecule has 0 saturated carbocycles. The van der Waals surface area contributed by atoms with Gasteiger partial charge in [0.15, 0.2) is 0 Å². The Hall–Kier alpha value is -5.05. The van der Waals surface area contributed by atoms with Crippen molar-refractivity contribution in [2.24, 2.45) is 0 Å². The van der Waals surface area contributed by atoms with E-state index in [1.165, 1.54) is 24.3 Å². The molecule has 1 aliphatic heterocycles. The van der Waals surface area contributed by atoms with Crippen LogP contribution in [0.1, 0.15) is 56.8 Å². The minimum Gasteiger partial charge on any atom is -0.478 e. The summed E-state index contributed by atoms with van der Waals surface area (Å²) in [5.74, 6) is -1.67. The Labute approximate surface area is 236 Å². The number of benzene rings is 4. The van der Waals surface area contributed by atoms with E-state index in [-0.39, 0.29) is 29.0 Å². The zero-order valence-corrected chi connectivity index (χ0v) is 22.3. The van der Waals surface area contributed by atoms with Gasteiger partial charge < -0.3 is 15.3 Å². The number of anilines is 1. The Morgan fingerprint density at radius 3 is 2.54 bits per heavy atom. The Kier molecular flexibility index (Phi) is 7.78. The van der Waals surface area contributed by atoms with Crippen LogP contribution in [0.5, 0.6) is 0 Å². The molecule has 1 unspecified atom stereocenters. The van der Waals surface area contributed by atoms with E-state index in [0.717, 1.165) is 29.7 Å². The van der Waals surface area contributed by atoms with Crippen molar-refractivity contribution >= 4 is 23.3 Å². The molecule has 4 aromatic rings. The zero-order valence-electron chi connectivity index (χ0n) is 22.3. The zero-order chi connectivity index (χ0) is 29.1. The summed E-state index contributed by atoms with van der Waals surface area (Å²) in [5, 5.41) is 23.4. The smallest absolute Gasteiger partial charge is 0.336 e. The molecule has 1 amide bonds. The first-order valence-corrected chi connectivity index (χ1v) is 13.3. The molecule has 0 saturated heterocycles. The number of amides is 1. The maximum absolute atomic E-state index is 14.9. The fraction of sp³-hybridized carbons (Fsp3) is 0.188. The van der Waals surface area contributed by atoms with Crippen molar-refractivity contribution in [1.82, 2.24) is 5.32 Å². The van der Waals surface area contributed by atoms with E-state index in [1.807, 2.05) is 19.1 Å². The second-order valence-electron chi connectivity index (χ2n) is 10.1. The molecule has 8 nitrogen and oxygen atoms in total. The van der Waals surface area contributed by atoms with Crippen LogP contribution in [0.4, 0.5) is 15.8 Å². The topological polar surface area (TPSA) is 113 Å². The summed E-state index contributed by atoms with van der Waals surface area (Å²) in [7, 11) is 0. The lowest BCUT2D eigenvalue weighted by Gasteiger charge is -2.32. The number of fused-ring (bicyclic) bond motifs is 1. The molecular weight excluding hydrogens is 525 g/mol. The van der Waals surface area contributed by atoms with Crippen LogP contribution in [0.15, 0.2) is 84.9 Å². The Morgan fingerprint density at radius 2 is 1.80 bits per heavy atom. The van der Waals surface area contributed by atoms with Gasteiger partial charge in [0.1, 0.15) is 5.82 Å². The van der Waals surface area contributed by atoms with Gasteiger partial charge in [-0.25, -0.2) is 9.18 Å². The van der Waals surface area contributed by atoms with Crippen LogP contribution in [-0.2, 0) is 13.0 Å². The largest absolute Gasteiger partial charge is 0.478 e. The Bertz CT molecular complexity index is 1640. The molecule has 0 fully saturated rings. The molecule has 0 radical (unpaired) electrons. The van der Waals surface area contributed by atoms with Crippen molar-refractivity contribution in [2.75, 3.05) is 11.4 Å². The van der Waals surface area contributed by atoms with Crippen LogP contribution in [-0.4, -0.2) is 28.5 Å². The van der Waals surface area contributed by atoms with Crippen molar-refractivity contribution in [2.45, 2.75) is 32.4 Å². The van der Waals surface area contributed by atoms with Gasteiger partial charge in [0, 0.05) is 42.0 Å². The van der Waals surface area contributed by atoms with Crippen LogP contribution in [0.2, 0.25) is 0 Å². The molecule has 4 aromatic carbocycles. The number of nitro benzene ring substituents is 1. The molecule has 5 rings (SSSR count). The quantitative estimate of drug-likeness (QED) is 0.189. The van der Waals surface area contributed by atoms with Crippen LogP contribution < -0.4 is 10.2 Å². The van der Waals surface area contributed by atoms with Gasteiger partial charge in [0.2, 0.25) is 0 Å². The van der Waals surface area contributed by atoms with Crippen LogP contribution in [0.25, 0.3) is 11.1 Å². The molecule has 1 heterocycles. The van der Waals surface area contributed by atoms with E-state index >= 15 is 0 Å². The van der Waals surface area contributed by atoms with Crippen LogP contribution >= 0.6 is 0 Å².